The highest BCUT2D eigenvalue weighted by Crippen LogP contribution is 2.42. The minimum Gasteiger partial charge on any atom is -0.496 e. The molecule has 0 aliphatic heterocycles. The summed E-state index contributed by atoms with van der Waals surface area (Å²) in [4.78, 5) is 9.52. The number of hydrogen-bond acceptors (Lipinski definition) is 5. The van der Waals surface area contributed by atoms with Crippen LogP contribution >= 0.6 is 0 Å². The number of aromatic nitrogens is 4. The fraction of sp³-hybridized carbons (Fsp3) is 0.381. The maximum absolute atomic E-state index is 6.39. The van der Waals surface area contributed by atoms with E-state index < -0.39 is 0 Å². The smallest absolute Gasteiger partial charge is 0.161 e. The number of hydrogen-bond donors (Lipinski definition) is 0. The molecule has 7 heteroatoms. The van der Waals surface area contributed by atoms with Gasteiger partial charge in [0.1, 0.15) is 5.75 Å². The molecule has 252 valence electrons. The summed E-state index contributed by atoms with van der Waals surface area (Å²) in [6.07, 6.45) is 9.19. The molecule has 0 N–H and O–H groups in total. The normalized spacial score (nSPS) is 17.8. The van der Waals surface area contributed by atoms with Crippen molar-refractivity contribution in [2.45, 2.75) is 72.9 Å². The van der Waals surface area contributed by atoms with Crippen LogP contribution in [0.5, 0.6) is 17.2 Å². The van der Waals surface area contributed by atoms with Gasteiger partial charge in [0.2, 0.25) is 0 Å². The van der Waals surface area contributed by atoms with Gasteiger partial charge in [0, 0.05) is 13.1 Å². The molecule has 2 aromatic heterocycles. The van der Waals surface area contributed by atoms with Crippen LogP contribution in [-0.4, -0.2) is 39.9 Å². The Labute approximate surface area is 288 Å². The quantitative estimate of drug-likeness (QED) is 0.148. The van der Waals surface area contributed by atoms with Gasteiger partial charge in [-0.1, -0.05) is 39.0 Å². The Balaban J connectivity index is 0.918. The second-order valence-electron chi connectivity index (χ2n) is 15.5. The lowest BCUT2D eigenvalue weighted by Gasteiger charge is -2.24. The van der Waals surface area contributed by atoms with Crippen LogP contribution in [0.2, 0.25) is 0 Å². The molecule has 1 atom stereocenters. The van der Waals surface area contributed by atoms with E-state index in [0.717, 1.165) is 84.6 Å². The van der Waals surface area contributed by atoms with Gasteiger partial charge in [0.15, 0.2) is 11.5 Å². The van der Waals surface area contributed by atoms with Crippen molar-refractivity contribution in [2.75, 3.05) is 20.8 Å². The third-order valence-corrected chi connectivity index (χ3v) is 10.8. The number of benzene rings is 4. The van der Waals surface area contributed by atoms with E-state index in [1.165, 1.54) is 38.9 Å². The van der Waals surface area contributed by atoms with Gasteiger partial charge in [-0.15, -0.1) is 0 Å². The van der Waals surface area contributed by atoms with Crippen LogP contribution in [0.25, 0.3) is 22.1 Å². The summed E-state index contributed by atoms with van der Waals surface area (Å²) in [6, 6.07) is 22.0. The Morgan fingerprint density at radius 1 is 0.633 bits per heavy atom. The van der Waals surface area contributed by atoms with Crippen molar-refractivity contribution >= 4 is 22.1 Å². The molecule has 1 unspecified atom stereocenters. The lowest BCUT2D eigenvalue weighted by molar-refractivity contribution is 0.214. The SMILES string of the molecule is COc1ccc(Cn2cnc3cc4c(cc32)CC(C)(CCOc2ccc(Cn3cnc5cc6c(cc53)CC(C)(C)C6)cc2OC)C4)cc1C. The van der Waals surface area contributed by atoms with E-state index in [2.05, 4.69) is 91.4 Å². The number of rotatable bonds is 10. The van der Waals surface area contributed by atoms with Crippen LogP contribution in [0, 0.1) is 17.8 Å². The number of ether oxygens (including phenoxy) is 3. The minimum absolute atomic E-state index is 0.129. The predicted molar refractivity (Wildman–Crippen MR) is 195 cm³/mol. The van der Waals surface area contributed by atoms with E-state index in [1.807, 2.05) is 18.7 Å². The molecule has 49 heavy (non-hydrogen) atoms. The summed E-state index contributed by atoms with van der Waals surface area (Å²) in [6.45, 7) is 11.3. The van der Waals surface area contributed by atoms with Crippen LogP contribution in [0.15, 0.2) is 73.3 Å². The molecule has 7 nitrogen and oxygen atoms in total. The molecular weight excluding hydrogens is 608 g/mol. The van der Waals surface area contributed by atoms with Gasteiger partial charge in [-0.3, -0.25) is 0 Å². The molecule has 0 fully saturated rings. The van der Waals surface area contributed by atoms with Gasteiger partial charge in [0.05, 0.1) is 55.5 Å². The molecule has 0 radical (unpaired) electrons. The van der Waals surface area contributed by atoms with Crippen molar-refractivity contribution in [1.29, 1.82) is 0 Å². The van der Waals surface area contributed by atoms with Crippen LogP contribution < -0.4 is 14.2 Å². The summed E-state index contributed by atoms with van der Waals surface area (Å²) >= 11 is 0. The molecule has 0 spiro atoms. The van der Waals surface area contributed by atoms with Crippen LogP contribution in [0.3, 0.4) is 0 Å². The molecule has 8 rings (SSSR count). The van der Waals surface area contributed by atoms with Crippen molar-refractivity contribution in [2.24, 2.45) is 10.8 Å². The first kappa shape index (κ1) is 31.5. The number of imidazole rings is 2. The molecule has 0 saturated carbocycles. The van der Waals surface area contributed by atoms with Gasteiger partial charge < -0.3 is 23.3 Å². The molecule has 2 aliphatic rings. The minimum atomic E-state index is 0.129. The lowest BCUT2D eigenvalue weighted by atomic mass is 9.84. The Kier molecular flexibility index (Phi) is 7.69. The summed E-state index contributed by atoms with van der Waals surface area (Å²) in [5.74, 6) is 2.48. The van der Waals surface area contributed by atoms with Gasteiger partial charge in [-0.2, -0.15) is 0 Å². The molecule has 0 bridgehead atoms. The number of fused-ring (bicyclic) bond motifs is 4. The highest BCUT2D eigenvalue weighted by molar-refractivity contribution is 5.79. The van der Waals surface area contributed by atoms with E-state index in [4.69, 9.17) is 24.2 Å². The predicted octanol–water partition coefficient (Wildman–Crippen LogP) is 8.51. The van der Waals surface area contributed by atoms with Crippen LogP contribution in [0.1, 0.15) is 66.1 Å². The molecule has 0 saturated heterocycles. The lowest BCUT2D eigenvalue weighted by Crippen LogP contribution is -2.20. The Morgan fingerprint density at radius 3 is 1.76 bits per heavy atom. The summed E-state index contributed by atoms with van der Waals surface area (Å²) in [7, 11) is 3.44. The Bertz CT molecular complexity index is 2210. The van der Waals surface area contributed by atoms with Crippen molar-refractivity contribution in [1.82, 2.24) is 19.1 Å². The Hall–Kier alpha value is -4.78. The average molecular weight is 655 g/mol. The van der Waals surface area contributed by atoms with E-state index in [9.17, 15) is 0 Å². The largest absolute Gasteiger partial charge is 0.496 e. The maximum Gasteiger partial charge on any atom is 0.161 e. The standard InChI is InChI=1S/C42H46N4O3/c1-27-13-28(7-9-38(27)47-5)23-45-25-44-35-16-31-21-42(4,22-33(31)18-37(35)45)11-12-49-39-10-8-29(14-40(39)48-6)24-46-26-43-34-15-30-19-41(2,3)20-32(30)17-36(34)46/h7-10,13-18,25-26H,11-12,19-24H2,1-6H3. The monoisotopic (exact) mass is 654 g/mol. The Morgan fingerprint density at radius 2 is 1.16 bits per heavy atom. The van der Waals surface area contributed by atoms with Gasteiger partial charge in [-0.25, -0.2) is 9.97 Å². The fourth-order valence-corrected chi connectivity index (χ4v) is 8.31. The van der Waals surface area contributed by atoms with Gasteiger partial charge in [-0.05, 0) is 131 Å². The molecule has 6 aromatic rings. The molecular formula is C42H46N4O3. The zero-order valence-corrected chi connectivity index (χ0v) is 29.6. The third kappa shape index (κ3) is 6.04. The zero-order valence-electron chi connectivity index (χ0n) is 29.6. The summed E-state index contributed by atoms with van der Waals surface area (Å²) < 4.78 is 22.2. The molecule has 2 heterocycles. The maximum atomic E-state index is 6.39. The topological polar surface area (TPSA) is 63.3 Å². The first-order chi connectivity index (χ1) is 23.6. The third-order valence-electron chi connectivity index (χ3n) is 10.8. The molecule has 2 aliphatic carbocycles. The zero-order chi connectivity index (χ0) is 33.9. The number of nitrogens with zero attached hydrogens (tertiary/aromatic N) is 4. The summed E-state index contributed by atoms with van der Waals surface area (Å²) in [5, 5.41) is 0. The first-order valence-electron chi connectivity index (χ1n) is 17.5. The highest BCUT2D eigenvalue weighted by atomic mass is 16.5. The van der Waals surface area contributed by atoms with Crippen LogP contribution in [0.4, 0.5) is 0 Å². The first-order valence-corrected chi connectivity index (χ1v) is 17.5. The second-order valence-corrected chi connectivity index (χ2v) is 15.5. The second kappa shape index (κ2) is 12.0. The molecule has 4 aromatic carbocycles. The van der Waals surface area contributed by atoms with Gasteiger partial charge in [0.25, 0.3) is 0 Å². The van der Waals surface area contributed by atoms with E-state index in [-0.39, 0.29) is 5.41 Å². The van der Waals surface area contributed by atoms with Gasteiger partial charge >= 0.3 is 0 Å². The van der Waals surface area contributed by atoms with Crippen molar-refractivity contribution in [3.05, 3.63) is 112 Å². The van der Waals surface area contributed by atoms with Crippen molar-refractivity contribution in [3.8, 4) is 17.2 Å². The number of methoxy groups -OCH3 is 2. The fourth-order valence-electron chi connectivity index (χ4n) is 8.31. The van der Waals surface area contributed by atoms with Crippen LogP contribution in [-0.2, 0) is 38.8 Å². The number of aryl methyl sites for hydroxylation is 1. The summed E-state index contributed by atoms with van der Waals surface area (Å²) in [5.41, 5.74) is 14.2. The van der Waals surface area contributed by atoms with Crippen molar-refractivity contribution < 1.29 is 14.2 Å². The highest BCUT2D eigenvalue weighted by Gasteiger charge is 2.34. The van der Waals surface area contributed by atoms with E-state index in [0.29, 0.717) is 12.0 Å². The van der Waals surface area contributed by atoms with E-state index in [1.54, 1.807) is 14.2 Å². The average Bonchev–Trinajstić information content (AvgIpc) is 3.81. The van der Waals surface area contributed by atoms with E-state index >= 15 is 0 Å². The van der Waals surface area contributed by atoms with Crippen molar-refractivity contribution in [3.63, 3.8) is 0 Å². The molecule has 0 amide bonds.